The van der Waals surface area contributed by atoms with Crippen LogP contribution in [0.1, 0.15) is 51.9 Å². The predicted octanol–water partition coefficient (Wildman–Crippen LogP) is 2.66. The number of thiophene rings is 1. The van der Waals surface area contributed by atoms with E-state index in [2.05, 4.69) is 10.3 Å². The first-order chi connectivity index (χ1) is 13.7. The molecular formula is C20H20N4O4S. The van der Waals surface area contributed by atoms with Crippen LogP contribution >= 0.6 is 11.3 Å². The van der Waals surface area contributed by atoms with Crippen LogP contribution in [0.3, 0.4) is 0 Å². The molecule has 0 bridgehead atoms. The standard InChI is InChI=1S/C20H20N4O4S/c1-4-14(18(27)23-13-7-5-12(6-8-13)11(3)25)24-9-22-19-15(20(24)28)10(2)16(29-19)17(21)26/h5-9,14H,4H2,1-3H3,(H2,21,26)(H,23,27). The molecule has 0 aliphatic rings. The minimum atomic E-state index is -0.789. The number of aryl methyl sites for hydroxylation is 1. The average Bonchev–Trinajstić information content (AvgIpc) is 3.02. The summed E-state index contributed by atoms with van der Waals surface area (Å²) in [5.41, 5.74) is 6.50. The van der Waals surface area contributed by atoms with Crippen molar-refractivity contribution in [2.45, 2.75) is 33.2 Å². The van der Waals surface area contributed by atoms with Crippen LogP contribution in [0.2, 0.25) is 0 Å². The predicted molar refractivity (Wildman–Crippen MR) is 112 cm³/mol. The SMILES string of the molecule is CCC(C(=O)Nc1ccc(C(C)=O)cc1)n1cnc2sc(C(N)=O)c(C)c2c1=O. The van der Waals surface area contributed by atoms with Gasteiger partial charge in [-0.2, -0.15) is 0 Å². The molecule has 1 unspecified atom stereocenters. The number of nitrogens with one attached hydrogen (secondary N) is 1. The van der Waals surface area contributed by atoms with Gasteiger partial charge in [-0.3, -0.25) is 23.7 Å². The van der Waals surface area contributed by atoms with Gasteiger partial charge in [-0.1, -0.05) is 6.92 Å². The van der Waals surface area contributed by atoms with Crippen LogP contribution in [0.4, 0.5) is 5.69 Å². The van der Waals surface area contributed by atoms with Gasteiger partial charge in [-0.25, -0.2) is 4.98 Å². The molecule has 29 heavy (non-hydrogen) atoms. The van der Waals surface area contributed by atoms with Crippen LogP contribution < -0.4 is 16.6 Å². The third kappa shape index (κ3) is 3.81. The lowest BCUT2D eigenvalue weighted by molar-refractivity contribution is -0.119. The highest BCUT2D eigenvalue weighted by atomic mass is 32.1. The summed E-state index contributed by atoms with van der Waals surface area (Å²) in [6, 6.07) is 5.72. The Morgan fingerprint density at radius 2 is 1.90 bits per heavy atom. The van der Waals surface area contributed by atoms with Crippen molar-refractivity contribution in [3.63, 3.8) is 0 Å². The van der Waals surface area contributed by atoms with E-state index in [4.69, 9.17) is 5.73 Å². The van der Waals surface area contributed by atoms with Gasteiger partial charge >= 0.3 is 0 Å². The lowest BCUT2D eigenvalue weighted by Crippen LogP contribution is -2.33. The van der Waals surface area contributed by atoms with E-state index in [1.54, 1.807) is 38.1 Å². The van der Waals surface area contributed by atoms with E-state index in [1.807, 2.05) is 0 Å². The summed E-state index contributed by atoms with van der Waals surface area (Å²) in [7, 11) is 0. The topological polar surface area (TPSA) is 124 Å². The van der Waals surface area contributed by atoms with Gasteiger partial charge in [0.05, 0.1) is 16.6 Å². The number of nitrogens with zero attached hydrogens (tertiary/aromatic N) is 2. The molecule has 8 nitrogen and oxygen atoms in total. The Balaban J connectivity index is 1.95. The highest BCUT2D eigenvalue weighted by molar-refractivity contribution is 7.20. The Kier molecular flexibility index (Phi) is 5.60. The number of benzene rings is 1. The van der Waals surface area contributed by atoms with Crippen LogP contribution in [0.15, 0.2) is 35.4 Å². The molecule has 0 saturated carbocycles. The summed E-state index contributed by atoms with van der Waals surface area (Å²) in [5.74, 6) is -1.06. The van der Waals surface area contributed by atoms with E-state index in [0.29, 0.717) is 33.5 Å². The number of ketones is 1. The van der Waals surface area contributed by atoms with Crippen LogP contribution in [0.25, 0.3) is 10.2 Å². The van der Waals surface area contributed by atoms with Gasteiger partial charge in [-0.05, 0) is 50.1 Å². The van der Waals surface area contributed by atoms with Crippen LogP contribution in [0.5, 0.6) is 0 Å². The van der Waals surface area contributed by atoms with Gasteiger partial charge in [0.25, 0.3) is 11.5 Å². The Hall–Kier alpha value is -3.33. The van der Waals surface area contributed by atoms with Gasteiger partial charge in [0.15, 0.2) is 5.78 Å². The summed E-state index contributed by atoms with van der Waals surface area (Å²) in [6.45, 7) is 4.89. The molecule has 2 heterocycles. The summed E-state index contributed by atoms with van der Waals surface area (Å²) >= 11 is 1.06. The zero-order valence-corrected chi connectivity index (χ0v) is 17.0. The first-order valence-electron chi connectivity index (χ1n) is 8.96. The molecule has 3 aromatic rings. The van der Waals surface area contributed by atoms with E-state index in [1.165, 1.54) is 17.8 Å². The minimum Gasteiger partial charge on any atom is -0.365 e. The third-order valence-corrected chi connectivity index (χ3v) is 5.90. The molecule has 3 N–H and O–H groups in total. The molecule has 0 spiro atoms. The summed E-state index contributed by atoms with van der Waals surface area (Å²) in [4.78, 5) is 53.7. The molecule has 9 heteroatoms. The molecule has 0 saturated heterocycles. The van der Waals surface area contributed by atoms with Gasteiger partial charge in [0.1, 0.15) is 10.9 Å². The summed E-state index contributed by atoms with van der Waals surface area (Å²) < 4.78 is 1.27. The quantitative estimate of drug-likeness (QED) is 0.602. The first kappa shape index (κ1) is 20.4. The zero-order valence-electron chi connectivity index (χ0n) is 16.2. The van der Waals surface area contributed by atoms with Crippen molar-refractivity contribution in [1.82, 2.24) is 9.55 Å². The molecule has 1 atom stereocenters. The lowest BCUT2D eigenvalue weighted by Gasteiger charge is -2.17. The number of nitrogens with two attached hydrogens (primary N) is 1. The Bertz CT molecular complexity index is 1180. The number of fused-ring (bicyclic) bond motifs is 1. The molecule has 2 amide bonds. The largest absolute Gasteiger partial charge is 0.365 e. The Morgan fingerprint density at radius 3 is 2.45 bits per heavy atom. The molecule has 2 aromatic heterocycles. The van der Waals surface area contributed by atoms with E-state index in [9.17, 15) is 19.2 Å². The number of aromatic nitrogens is 2. The number of Topliss-reactive ketones (excluding diaryl/α,β-unsaturated/α-hetero) is 1. The highest BCUT2D eigenvalue weighted by Gasteiger charge is 2.24. The van der Waals surface area contributed by atoms with Crippen molar-refractivity contribution in [2.24, 2.45) is 5.73 Å². The van der Waals surface area contributed by atoms with Gasteiger partial charge < -0.3 is 11.1 Å². The van der Waals surface area contributed by atoms with Gasteiger partial charge in [0.2, 0.25) is 5.91 Å². The number of anilines is 1. The molecule has 0 aliphatic heterocycles. The van der Waals surface area contributed by atoms with E-state index < -0.39 is 17.5 Å². The number of carbonyl (C=O) groups excluding carboxylic acids is 3. The van der Waals surface area contributed by atoms with Crippen molar-refractivity contribution < 1.29 is 14.4 Å². The fourth-order valence-corrected chi connectivity index (χ4v) is 4.11. The molecule has 0 fully saturated rings. The minimum absolute atomic E-state index is 0.0679. The second-order valence-corrected chi connectivity index (χ2v) is 7.60. The van der Waals surface area contributed by atoms with E-state index in [0.717, 1.165) is 11.3 Å². The molecular weight excluding hydrogens is 392 g/mol. The second-order valence-electron chi connectivity index (χ2n) is 6.60. The van der Waals surface area contributed by atoms with Crippen molar-refractivity contribution in [3.05, 3.63) is 57.0 Å². The van der Waals surface area contributed by atoms with Crippen molar-refractivity contribution >= 4 is 44.8 Å². The average molecular weight is 412 g/mol. The maximum Gasteiger partial charge on any atom is 0.263 e. The Morgan fingerprint density at radius 1 is 1.24 bits per heavy atom. The maximum absolute atomic E-state index is 13.0. The first-order valence-corrected chi connectivity index (χ1v) is 9.78. The maximum atomic E-state index is 13.0. The number of hydrogen-bond acceptors (Lipinski definition) is 6. The van der Waals surface area contributed by atoms with Crippen molar-refractivity contribution in [2.75, 3.05) is 5.32 Å². The molecule has 3 rings (SSSR count). The molecule has 150 valence electrons. The highest BCUT2D eigenvalue weighted by Crippen LogP contribution is 2.27. The number of amides is 2. The van der Waals surface area contributed by atoms with E-state index in [-0.39, 0.29) is 16.6 Å². The fourth-order valence-electron chi connectivity index (χ4n) is 3.12. The number of carbonyl (C=O) groups is 3. The molecule has 0 radical (unpaired) electrons. The number of primary amides is 1. The van der Waals surface area contributed by atoms with Gasteiger partial charge in [0, 0.05) is 11.3 Å². The molecule has 0 aliphatic carbocycles. The summed E-state index contributed by atoms with van der Waals surface area (Å²) in [5, 5.41) is 3.06. The van der Waals surface area contributed by atoms with Crippen LogP contribution in [-0.4, -0.2) is 27.1 Å². The van der Waals surface area contributed by atoms with Crippen LogP contribution in [0, 0.1) is 6.92 Å². The smallest absolute Gasteiger partial charge is 0.263 e. The van der Waals surface area contributed by atoms with E-state index >= 15 is 0 Å². The zero-order chi connectivity index (χ0) is 21.3. The summed E-state index contributed by atoms with van der Waals surface area (Å²) in [6.07, 6.45) is 1.67. The normalized spacial score (nSPS) is 12.0. The second kappa shape index (κ2) is 7.96. The Labute approximate surface area is 170 Å². The fraction of sp³-hybridized carbons (Fsp3) is 0.250. The third-order valence-electron chi connectivity index (χ3n) is 4.68. The number of rotatable bonds is 6. The number of hydrogen-bond donors (Lipinski definition) is 2. The molecule has 1 aromatic carbocycles. The van der Waals surface area contributed by atoms with Crippen molar-refractivity contribution in [1.29, 1.82) is 0 Å². The van der Waals surface area contributed by atoms with Crippen LogP contribution in [-0.2, 0) is 4.79 Å². The van der Waals surface area contributed by atoms with Crippen molar-refractivity contribution in [3.8, 4) is 0 Å². The monoisotopic (exact) mass is 412 g/mol. The lowest BCUT2D eigenvalue weighted by atomic mass is 10.1. The van der Waals surface area contributed by atoms with Gasteiger partial charge in [-0.15, -0.1) is 11.3 Å².